The highest BCUT2D eigenvalue weighted by Gasteiger charge is 2.17. The van der Waals surface area contributed by atoms with Crippen molar-refractivity contribution in [2.75, 3.05) is 6.26 Å². The third-order valence-electron chi connectivity index (χ3n) is 2.68. The fourth-order valence-electron chi connectivity index (χ4n) is 1.72. The number of hydrogen-bond donors (Lipinski definition) is 0. The summed E-state index contributed by atoms with van der Waals surface area (Å²) in [5.74, 6) is 0.0885. The summed E-state index contributed by atoms with van der Waals surface area (Å²) >= 11 is 0. The average Bonchev–Trinajstić information content (AvgIpc) is 2.53. The second kappa shape index (κ2) is 4.09. The Labute approximate surface area is 107 Å². The number of hydrogen-bond acceptors (Lipinski definition) is 4. The molecule has 18 heavy (non-hydrogen) atoms. The largest absolute Gasteiger partial charge is 0.440 e. The molecule has 0 fully saturated rings. The van der Waals surface area contributed by atoms with Crippen LogP contribution in [0, 0.1) is 0 Å². The van der Waals surface area contributed by atoms with E-state index in [1.54, 1.807) is 0 Å². The Morgan fingerprint density at radius 1 is 1.28 bits per heavy atom. The van der Waals surface area contributed by atoms with Crippen molar-refractivity contribution in [3.05, 3.63) is 29.7 Å². The maximum atomic E-state index is 11.2. The summed E-state index contributed by atoms with van der Waals surface area (Å²) in [5.41, 5.74) is 2.50. The van der Waals surface area contributed by atoms with Crippen LogP contribution in [-0.4, -0.2) is 19.7 Å². The van der Waals surface area contributed by atoms with Crippen LogP contribution in [0.2, 0.25) is 0 Å². The predicted molar refractivity (Wildman–Crippen MR) is 71.3 cm³/mol. The molecule has 0 aliphatic carbocycles. The lowest BCUT2D eigenvalue weighted by molar-refractivity contribution is 0.539. The summed E-state index contributed by atoms with van der Waals surface area (Å²) in [7, 11) is -3.12. The molecule has 4 nitrogen and oxygen atoms in total. The molecule has 2 rings (SSSR count). The van der Waals surface area contributed by atoms with Crippen molar-refractivity contribution < 1.29 is 12.8 Å². The number of rotatable bonds is 2. The predicted octanol–water partition coefficient (Wildman–Crippen LogP) is 2.67. The number of aromatic nitrogens is 1. The second-order valence-corrected chi connectivity index (χ2v) is 7.75. The van der Waals surface area contributed by atoms with Gasteiger partial charge in [-0.2, -0.15) is 0 Å². The second-order valence-electron chi connectivity index (χ2n) is 5.61. The van der Waals surface area contributed by atoms with Crippen molar-refractivity contribution in [3.63, 3.8) is 0 Å². The van der Waals surface area contributed by atoms with Crippen molar-refractivity contribution in [2.45, 2.75) is 31.9 Å². The van der Waals surface area contributed by atoms with Crippen molar-refractivity contribution >= 4 is 20.9 Å². The Morgan fingerprint density at radius 3 is 2.50 bits per heavy atom. The first-order valence-electron chi connectivity index (χ1n) is 5.73. The van der Waals surface area contributed by atoms with Crippen LogP contribution in [0.4, 0.5) is 0 Å². The average molecular weight is 267 g/mol. The number of fused-ring (bicyclic) bond motifs is 1. The van der Waals surface area contributed by atoms with Gasteiger partial charge in [-0.1, -0.05) is 26.8 Å². The molecule has 0 atom stereocenters. The molecule has 0 aliphatic rings. The molecule has 1 aromatic carbocycles. The fraction of sp³-hybridized carbons (Fsp3) is 0.462. The highest BCUT2D eigenvalue weighted by Crippen LogP contribution is 2.26. The van der Waals surface area contributed by atoms with Gasteiger partial charge in [-0.3, -0.25) is 0 Å². The van der Waals surface area contributed by atoms with Crippen LogP contribution in [0.1, 0.15) is 32.2 Å². The molecule has 1 aromatic heterocycles. The van der Waals surface area contributed by atoms with E-state index in [9.17, 15) is 8.42 Å². The topological polar surface area (TPSA) is 60.2 Å². The number of oxazole rings is 1. The molecule has 98 valence electrons. The third kappa shape index (κ3) is 2.90. The maximum Gasteiger partial charge on any atom is 0.210 e. The van der Waals surface area contributed by atoms with E-state index in [4.69, 9.17) is 4.42 Å². The van der Waals surface area contributed by atoms with E-state index in [0.717, 1.165) is 5.56 Å². The molecule has 0 radical (unpaired) electrons. The molecule has 0 unspecified atom stereocenters. The van der Waals surface area contributed by atoms with E-state index >= 15 is 0 Å². The first-order chi connectivity index (χ1) is 8.15. The summed E-state index contributed by atoms with van der Waals surface area (Å²) in [6, 6.07) is 5.79. The van der Waals surface area contributed by atoms with Crippen LogP contribution >= 0.6 is 0 Å². The number of nitrogens with zero attached hydrogens (tertiary/aromatic N) is 1. The Kier molecular flexibility index (Phi) is 2.97. The molecular formula is C13H17NO3S. The monoisotopic (exact) mass is 267 g/mol. The minimum atomic E-state index is -3.12. The number of sulfone groups is 1. The van der Waals surface area contributed by atoms with E-state index in [2.05, 4.69) is 25.8 Å². The standard InChI is InChI=1S/C13H17NO3S/c1-13(2,3)9-5-6-10-11(7-9)17-12(14-10)8-18(4,15)16/h5-7H,8H2,1-4H3. The smallest absolute Gasteiger partial charge is 0.210 e. The zero-order valence-electron chi connectivity index (χ0n) is 11.0. The molecule has 0 N–H and O–H groups in total. The quantitative estimate of drug-likeness (QED) is 0.839. The minimum absolute atomic E-state index is 0.0258. The Morgan fingerprint density at radius 2 is 1.94 bits per heavy atom. The summed E-state index contributed by atoms with van der Waals surface area (Å²) in [6.45, 7) is 6.34. The third-order valence-corrected chi connectivity index (χ3v) is 3.46. The zero-order valence-corrected chi connectivity index (χ0v) is 11.8. The van der Waals surface area contributed by atoms with Gasteiger partial charge in [0.25, 0.3) is 0 Å². The zero-order chi connectivity index (χ0) is 13.6. The summed E-state index contributed by atoms with van der Waals surface area (Å²) in [4.78, 5) is 4.18. The normalized spacial score (nSPS) is 13.1. The van der Waals surface area contributed by atoms with Crippen LogP contribution < -0.4 is 0 Å². The van der Waals surface area contributed by atoms with Crippen LogP contribution in [0.15, 0.2) is 22.6 Å². The SMILES string of the molecule is CC(C)(C)c1ccc2nc(CS(C)(=O)=O)oc2c1. The van der Waals surface area contributed by atoms with Crippen molar-refractivity contribution in [1.82, 2.24) is 4.98 Å². The first-order valence-corrected chi connectivity index (χ1v) is 7.79. The maximum absolute atomic E-state index is 11.2. The minimum Gasteiger partial charge on any atom is -0.440 e. The highest BCUT2D eigenvalue weighted by atomic mass is 32.2. The van der Waals surface area contributed by atoms with E-state index in [-0.39, 0.29) is 17.1 Å². The Balaban J connectivity index is 2.46. The van der Waals surface area contributed by atoms with Gasteiger partial charge < -0.3 is 4.42 Å². The number of benzene rings is 1. The molecule has 0 spiro atoms. The van der Waals surface area contributed by atoms with Crippen LogP contribution in [-0.2, 0) is 21.0 Å². The molecule has 5 heteroatoms. The van der Waals surface area contributed by atoms with Crippen molar-refractivity contribution in [2.24, 2.45) is 0 Å². The molecule has 1 heterocycles. The molecular weight excluding hydrogens is 250 g/mol. The van der Waals surface area contributed by atoms with Crippen LogP contribution in [0.3, 0.4) is 0 Å². The van der Waals surface area contributed by atoms with Gasteiger partial charge in [-0.25, -0.2) is 13.4 Å². The van der Waals surface area contributed by atoms with Gasteiger partial charge in [0.05, 0.1) is 0 Å². The molecule has 0 saturated carbocycles. The molecule has 2 aromatic rings. The van der Waals surface area contributed by atoms with Gasteiger partial charge in [-0.15, -0.1) is 0 Å². The van der Waals surface area contributed by atoms with Gasteiger partial charge in [0.2, 0.25) is 5.89 Å². The molecule has 0 amide bonds. The van der Waals surface area contributed by atoms with Crippen molar-refractivity contribution in [3.8, 4) is 0 Å². The van der Waals surface area contributed by atoms with Gasteiger partial charge in [0.1, 0.15) is 11.3 Å². The molecule has 0 bridgehead atoms. The first kappa shape index (κ1) is 13.1. The van der Waals surface area contributed by atoms with Crippen LogP contribution in [0.25, 0.3) is 11.1 Å². The fourth-order valence-corrected chi connectivity index (χ4v) is 2.30. The molecule has 0 aliphatic heterocycles. The van der Waals surface area contributed by atoms with Crippen LogP contribution in [0.5, 0.6) is 0 Å². The van der Waals surface area contributed by atoms with Gasteiger partial charge in [-0.05, 0) is 23.1 Å². The highest BCUT2D eigenvalue weighted by molar-refractivity contribution is 7.89. The van der Waals surface area contributed by atoms with Gasteiger partial charge >= 0.3 is 0 Å². The summed E-state index contributed by atoms with van der Waals surface area (Å²) < 4.78 is 27.9. The van der Waals surface area contributed by atoms with Gasteiger partial charge in [0, 0.05) is 6.26 Å². The van der Waals surface area contributed by atoms with E-state index < -0.39 is 9.84 Å². The lowest BCUT2D eigenvalue weighted by atomic mass is 9.87. The Bertz CT molecular complexity index is 678. The van der Waals surface area contributed by atoms with E-state index in [1.165, 1.54) is 6.26 Å². The Hall–Kier alpha value is -1.36. The lowest BCUT2D eigenvalue weighted by Gasteiger charge is -2.18. The summed E-state index contributed by atoms with van der Waals surface area (Å²) in [6.07, 6.45) is 1.17. The van der Waals surface area contributed by atoms with E-state index in [1.807, 2.05) is 18.2 Å². The van der Waals surface area contributed by atoms with Crippen molar-refractivity contribution in [1.29, 1.82) is 0 Å². The molecule has 0 saturated heterocycles. The summed E-state index contributed by atoms with van der Waals surface area (Å²) in [5, 5.41) is 0. The lowest BCUT2D eigenvalue weighted by Crippen LogP contribution is -2.10. The van der Waals surface area contributed by atoms with Gasteiger partial charge in [0.15, 0.2) is 15.4 Å². The van der Waals surface area contributed by atoms with E-state index in [0.29, 0.717) is 11.1 Å².